The van der Waals surface area contributed by atoms with Gasteiger partial charge in [0.15, 0.2) is 0 Å². The third kappa shape index (κ3) is 4.20. The van der Waals surface area contributed by atoms with Gasteiger partial charge in [0.2, 0.25) is 17.5 Å². The summed E-state index contributed by atoms with van der Waals surface area (Å²) in [4.78, 5) is 48.9. The number of Topliss-reactive ketones (excluding diaryl/α,β-unsaturated/α-hetero) is 1. The van der Waals surface area contributed by atoms with Crippen molar-refractivity contribution in [3.8, 4) is 0 Å². The van der Waals surface area contributed by atoms with E-state index in [9.17, 15) is 19.2 Å². The number of carbonyl (C=O) groups is 4. The second-order valence-electron chi connectivity index (χ2n) is 5.97. The summed E-state index contributed by atoms with van der Waals surface area (Å²) in [5, 5.41) is 11.4. The fourth-order valence-electron chi connectivity index (χ4n) is 2.67. The lowest BCUT2D eigenvalue weighted by Crippen LogP contribution is -2.23. The summed E-state index contributed by atoms with van der Waals surface area (Å²) in [6.45, 7) is 0. The highest BCUT2D eigenvalue weighted by molar-refractivity contribution is 8.04. The maximum absolute atomic E-state index is 12.7. The number of ketones is 2. The van der Waals surface area contributed by atoms with Crippen molar-refractivity contribution in [1.29, 1.82) is 0 Å². The average Bonchev–Trinajstić information content (AvgIpc) is 3.15. The second kappa shape index (κ2) is 8.66. The molecular weight excluding hydrogens is 380 g/mol. The fourth-order valence-corrected chi connectivity index (χ4v) is 3.61. The highest BCUT2D eigenvalue weighted by Gasteiger charge is 2.33. The molecule has 0 radical (unpaired) electrons. The van der Waals surface area contributed by atoms with Crippen molar-refractivity contribution >= 4 is 40.8 Å². The zero-order chi connectivity index (χ0) is 20.1. The van der Waals surface area contributed by atoms with E-state index in [-0.39, 0.29) is 34.2 Å². The maximum Gasteiger partial charge on any atom is 0.269 e. The van der Waals surface area contributed by atoms with Crippen LogP contribution in [-0.4, -0.2) is 46.4 Å². The first-order valence-electron chi connectivity index (χ1n) is 8.60. The highest BCUT2D eigenvalue weighted by Crippen LogP contribution is 2.29. The Morgan fingerprint density at radius 3 is 2.64 bits per heavy atom. The molecule has 0 unspecified atom stereocenters. The predicted molar refractivity (Wildman–Crippen MR) is 105 cm³/mol. The monoisotopic (exact) mass is 398 g/mol. The first-order chi connectivity index (χ1) is 13.5. The van der Waals surface area contributed by atoms with Crippen LogP contribution < -0.4 is 10.6 Å². The molecule has 0 bridgehead atoms. The topological polar surface area (TPSA) is 121 Å². The Labute approximate surface area is 165 Å². The summed E-state index contributed by atoms with van der Waals surface area (Å²) in [6, 6.07) is 9.14. The number of H-pyrrole nitrogens is 1. The number of thioether (sulfide) groups is 1. The minimum atomic E-state index is -0.515. The molecule has 144 valence electrons. The van der Waals surface area contributed by atoms with E-state index in [0.29, 0.717) is 12.2 Å². The quantitative estimate of drug-likeness (QED) is 0.615. The number of hydrogen-bond donors (Lipinski definition) is 3. The zero-order valence-electron chi connectivity index (χ0n) is 15.1. The number of amides is 2. The van der Waals surface area contributed by atoms with Crippen LogP contribution >= 0.6 is 11.8 Å². The van der Waals surface area contributed by atoms with Crippen LogP contribution in [-0.2, 0) is 4.79 Å². The van der Waals surface area contributed by atoms with Gasteiger partial charge in [-0.05, 0) is 24.3 Å². The van der Waals surface area contributed by atoms with Crippen LogP contribution in [0.25, 0.3) is 0 Å². The van der Waals surface area contributed by atoms with Gasteiger partial charge in [0.05, 0.1) is 10.5 Å². The summed E-state index contributed by atoms with van der Waals surface area (Å²) < 4.78 is 0. The molecule has 0 aliphatic heterocycles. The van der Waals surface area contributed by atoms with Crippen LogP contribution in [0.1, 0.15) is 44.2 Å². The molecule has 8 nitrogen and oxygen atoms in total. The Morgan fingerprint density at radius 2 is 1.93 bits per heavy atom. The molecule has 1 aromatic carbocycles. The molecule has 3 N–H and O–H groups in total. The van der Waals surface area contributed by atoms with Crippen molar-refractivity contribution in [2.45, 2.75) is 12.8 Å². The highest BCUT2D eigenvalue weighted by atomic mass is 32.2. The van der Waals surface area contributed by atoms with E-state index in [2.05, 4.69) is 20.8 Å². The summed E-state index contributed by atoms with van der Waals surface area (Å²) >= 11 is 1.19. The molecule has 0 saturated heterocycles. The third-order valence-electron chi connectivity index (χ3n) is 4.03. The maximum atomic E-state index is 12.7. The SMILES string of the molecule is CNC(=O)c1[nH]nc2c1C(=O)C(SCCCC(=O)Nc1ccccc1)=CC2=O. The minimum absolute atomic E-state index is 0.00355. The number of benzene rings is 1. The average molecular weight is 398 g/mol. The number of aromatic amines is 1. The molecule has 1 aromatic heterocycles. The second-order valence-corrected chi connectivity index (χ2v) is 7.11. The van der Waals surface area contributed by atoms with Gasteiger partial charge in [-0.25, -0.2) is 0 Å². The van der Waals surface area contributed by atoms with Crippen molar-refractivity contribution in [3.63, 3.8) is 0 Å². The lowest BCUT2D eigenvalue weighted by molar-refractivity contribution is -0.116. The van der Waals surface area contributed by atoms with E-state index in [1.807, 2.05) is 18.2 Å². The van der Waals surface area contributed by atoms with Gasteiger partial charge in [-0.1, -0.05) is 18.2 Å². The number of carbonyl (C=O) groups excluding carboxylic acids is 4. The van der Waals surface area contributed by atoms with Crippen molar-refractivity contribution in [2.24, 2.45) is 0 Å². The summed E-state index contributed by atoms with van der Waals surface area (Å²) in [5.41, 5.74) is 0.654. The largest absolute Gasteiger partial charge is 0.354 e. The number of hydrogen-bond acceptors (Lipinski definition) is 6. The summed E-state index contributed by atoms with van der Waals surface area (Å²) in [7, 11) is 1.43. The van der Waals surface area contributed by atoms with Crippen molar-refractivity contribution in [3.05, 3.63) is 58.3 Å². The van der Waals surface area contributed by atoms with E-state index >= 15 is 0 Å². The van der Waals surface area contributed by atoms with Gasteiger partial charge in [0.25, 0.3) is 5.91 Å². The van der Waals surface area contributed by atoms with Crippen LogP contribution in [0.15, 0.2) is 41.3 Å². The van der Waals surface area contributed by atoms with Crippen molar-refractivity contribution in [2.75, 3.05) is 18.1 Å². The molecule has 0 atom stereocenters. The van der Waals surface area contributed by atoms with Gasteiger partial charge in [-0.15, -0.1) is 11.8 Å². The van der Waals surface area contributed by atoms with Crippen molar-refractivity contribution < 1.29 is 19.2 Å². The number of aromatic nitrogens is 2. The lowest BCUT2D eigenvalue weighted by atomic mass is 9.99. The lowest BCUT2D eigenvalue weighted by Gasteiger charge is -2.11. The molecule has 0 fully saturated rings. The van der Waals surface area contributed by atoms with Gasteiger partial charge in [0, 0.05) is 25.2 Å². The number of rotatable bonds is 7. The Kier molecular flexibility index (Phi) is 6.05. The van der Waals surface area contributed by atoms with Gasteiger partial charge in [-0.2, -0.15) is 5.10 Å². The van der Waals surface area contributed by atoms with Gasteiger partial charge < -0.3 is 10.6 Å². The Bertz CT molecular complexity index is 966. The number of allylic oxidation sites excluding steroid dienone is 2. The predicted octanol–water partition coefficient (Wildman–Crippen LogP) is 2.18. The smallest absolute Gasteiger partial charge is 0.269 e. The standard InChI is InChI=1S/C19H18N4O4S/c1-20-19(27)17-15-16(22-23-17)12(24)10-13(18(15)26)28-9-5-8-14(25)21-11-6-3-2-4-7-11/h2-4,6-7,10H,5,8-9H2,1H3,(H,20,27)(H,21,25)(H,22,23). The van der Waals surface area contributed by atoms with E-state index in [1.54, 1.807) is 12.1 Å². The number of nitrogens with one attached hydrogen (secondary N) is 3. The first-order valence-corrected chi connectivity index (χ1v) is 9.58. The molecule has 9 heteroatoms. The van der Waals surface area contributed by atoms with E-state index in [1.165, 1.54) is 24.9 Å². The Morgan fingerprint density at radius 1 is 1.18 bits per heavy atom. The van der Waals surface area contributed by atoms with Crippen molar-refractivity contribution in [1.82, 2.24) is 15.5 Å². The number of nitrogens with zero attached hydrogens (tertiary/aromatic N) is 1. The zero-order valence-corrected chi connectivity index (χ0v) is 15.9. The molecular formula is C19H18N4O4S. The first kappa shape index (κ1) is 19.6. The van der Waals surface area contributed by atoms with Crippen LogP contribution in [0.2, 0.25) is 0 Å². The van der Waals surface area contributed by atoms with Crippen LogP contribution in [0.4, 0.5) is 5.69 Å². The third-order valence-corrected chi connectivity index (χ3v) is 5.14. The Balaban J connectivity index is 1.56. The summed E-state index contributed by atoms with van der Waals surface area (Å²) in [6.07, 6.45) is 2.05. The van der Waals surface area contributed by atoms with E-state index in [0.717, 1.165) is 5.69 Å². The van der Waals surface area contributed by atoms with Gasteiger partial charge >= 0.3 is 0 Å². The Hall–Kier alpha value is -3.20. The molecule has 28 heavy (non-hydrogen) atoms. The molecule has 2 amide bonds. The van der Waals surface area contributed by atoms with Crippen LogP contribution in [0, 0.1) is 0 Å². The molecule has 1 aliphatic carbocycles. The number of para-hydroxylation sites is 1. The van der Waals surface area contributed by atoms with Crippen LogP contribution in [0.3, 0.4) is 0 Å². The number of fused-ring (bicyclic) bond motifs is 1. The molecule has 1 heterocycles. The molecule has 2 aromatic rings. The molecule has 0 spiro atoms. The summed E-state index contributed by atoms with van der Waals surface area (Å²) in [5.74, 6) is -0.995. The molecule has 3 rings (SSSR count). The molecule has 0 saturated carbocycles. The van der Waals surface area contributed by atoms with Crippen LogP contribution in [0.5, 0.6) is 0 Å². The fraction of sp³-hybridized carbons (Fsp3) is 0.211. The molecule has 1 aliphatic rings. The number of anilines is 1. The normalized spacial score (nSPS) is 13.0. The van der Waals surface area contributed by atoms with E-state index in [4.69, 9.17) is 0 Å². The minimum Gasteiger partial charge on any atom is -0.354 e. The van der Waals surface area contributed by atoms with Gasteiger partial charge in [0.1, 0.15) is 11.4 Å². The van der Waals surface area contributed by atoms with Gasteiger partial charge in [-0.3, -0.25) is 24.3 Å². The van der Waals surface area contributed by atoms with E-state index < -0.39 is 17.5 Å².